The van der Waals surface area contributed by atoms with E-state index in [2.05, 4.69) is 0 Å². The highest BCUT2D eigenvalue weighted by Crippen LogP contribution is 2.41. The number of anilines is 1. The van der Waals surface area contributed by atoms with Gasteiger partial charge in [-0.2, -0.15) is 0 Å². The van der Waals surface area contributed by atoms with Gasteiger partial charge in [0.1, 0.15) is 0 Å². The number of fused-ring (bicyclic) bond motifs is 1. The molecule has 0 spiro atoms. The van der Waals surface area contributed by atoms with Gasteiger partial charge in [0.25, 0.3) is 0 Å². The number of ether oxygens (including phenoxy) is 1. The molecule has 0 saturated heterocycles. The average molecular weight is 362 g/mol. The number of carbonyl (C=O) groups is 2. The first kappa shape index (κ1) is 16.9. The molecule has 0 aromatic heterocycles. The predicted molar refractivity (Wildman–Crippen MR) is 95.7 cm³/mol. The summed E-state index contributed by atoms with van der Waals surface area (Å²) in [5.74, 6) is -0.351. The van der Waals surface area contributed by atoms with Crippen LogP contribution in [0.4, 0.5) is 5.69 Å². The first-order chi connectivity index (χ1) is 11.5. The molecule has 0 radical (unpaired) electrons. The maximum Gasteiger partial charge on any atom is 0.337 e. The molecule has 2 aromatic carbocycles. The third-order valence-corrected chi connectivity index (χ3v) is 5.19. The van der Waals surface area contributed by atoms with Gasteiger partial charge >= 0.3 is 5.97 Å². The molecule has 124 valence electrons. The van der Waals surface area contributed by atoms with Crippen molar-refractivity contribution in [1.29, 1.82) is 0 Å². The van der Waals surface area contributed by atoms with E-state index in [1.807, 2.05) is 25.1 Å². The van der Waals surface area contributed by atoms with Crippen molar-refractivity contribution >= 4 is 40.9 Å². The molecule has 0 bridgehead atoms. The van der Waals surface area contributed by atoms with Gasteiger partial charge < -0.3 is 9.64 Å². The van der Waals surface area contributed by atoms with Gasteiger partial charge in [0.15, 0.2) is 0 Å². The molecule has 24 heavy (non-hydrogen) atoms. The molecular weight excluding hydrogens is 346 g/mol. The fourth-order valence-corrected chi connectivity index (χ4v) is 3.98. The van der Waals surface area contributed by atoms with Crippen molar-refractivity contribution in [2.24, 2.45) is 0 Å². The van der Waals surface area contributed by atoms with Gasteiger partial charge in [-0.15, -0.1) is 11.8 Å². The fraction of sp³-hybridized carbons (Fsp3) is 0.222. The third kappa shape index (κ3) is 3.28. The van der Waals surface area contributed by atoms with Crippen molar-refractivity contribution in [2.45, 2.75) is 23.6 Å². The molecule has 1 aliphatic heterocycles. The average Bonchev–Trinajstić information content (AvgIpc) is 2.58. The van der Waals surface area contributed by atoms with E-state index in [-0.39, 0.29) is 11.2 Å². The van der Waals surface area contributed by atoms with Crippen molar-refractivity contribution < 1.29 is 14.3 Å². The topological polar surface area (TPSA) is 46.6 Å². The standard InChI is InChI=1S/C18H16ClNO3S/c1-11-17(21)20(15-7-6-14(19)9-16(15)24-11)10-12-4-3-5-13(8-12)18(22)23-2/h3-9,11H,10H2,1-2H3. The minimum Gasteiger partial charge on any atom is -0.465 e. The number of benzene rings is 2. The number of hydrogen-bond acceptors (Lipinski definition) is 4. The lowest BCUT2D eigenvalue weighted by molar-refractivity contribution is -0.118. The van der Waals surface area contributed by atoms with E-state index < -0.39 is 5.97 Å². The second kappa shape index (κ2) is 6.87. The number of esters is 1. The molecule has 1 unspecified atom stereocenters. The van der Waals surface area contributed by atoms with Crippen molar-refractivity contribution in [3.8, 4) is 0 Å². The van der Waals surface area contributed by atoms with Gasteiger partial charge in [-0.25, -0.2) is 4.79 Å². The van der Waals surface area contributed by atoms with Crippen LogP contribution in [0.3, 0.4) is 0 Å². The highest BCUT2D eigenvalue weighted by molar-refractivity contribution is 8.01. The maximum atomic E-state index is 12.6. The van der Waals surface area contributed by atoms with E-state index in [1.165, 1.54) is 18.9 Å². The van der Waals surface area contributed by atoms with Gasteiger partial charge in [0.2, 0.25) is 5.91 Å². The van der Waals surface area contributed by atoms with Crippen LogP contribution in [0.1, 0.15) is 22.8 Å². The quantitative estimate of drug-likeness (QED) is 0.770. The SMILES string of the molecule is COC(=O)c1cccc(CN2C(=O)C(C)Sc3cc(Cl)ccc32)c1. The van der Waals surface area contributed by atoms with E-state index in [0.29, 0.717) is 17.1 Å². The Balaban J connectivity index is 1.95. The molecule has 1 aliphatic rings. The zero-order valence-electron chi connectivity index (χ0n) is 13.3. The molecule has 1 atom stereocenters. The molecule has 4 nitrogen and oxygen atoms in total. The summed E-state index contributed by atoms with van der Waals surface area (Å²) in [6, 6.07) is 12.6. The Bertz CT molecular complexity index is 809. The van der Waals surface area contributed by atoms with Crippen molar-refractivity contribution in [3.05, 3.63) is 58.6 Å². The monoisotopic (exact) mass is 361 g/mol. The summed E-state index contributed by atoms with van der Waals surface area (Å²) in [6.07, 6.45) is 0. The van der Waals surface area contributed by atoms with Gasteiger partial charge in [-0.1, -0.05) is 23.7 Å². The number of rotatable bonds is 3. The largest absolute Gasteiger partial charge is 0.465 e. The summed E-state index contributed by atoms with van der Waals surface area (Å²) in [6.45, 7) is 2.28. The molecule has 0 fully saturated rings. The number of amides is 1. The Morgan fingerprint density at radius 1 is 1.29 bits per heavy atom. The first-order valence-electron chi connectivity index (χ1n) is 7.44. The first-order valence-corrected chi connectivity index (χ1v) is 8.70. The van der Waals surface area contributed by atoms with Crippen LogP contribution in [0.2, 0.25) is 5.02 Å². The highest BCUT2D eigenvalue weighted by Gasteiger charge is 2.30. The Hall–Kier alpha value is -1.98. The minimum atomic E-state index is -0.391. The van der Waals surface area contributed by atoms with Gasteiger partial charge in [0.05, 0.1) is 30.2 Å². The van der Waals surface area contributed by atoms with Gasteiger partial charge in [0, 0.05) is 9.92 Å². The van der Waals surface area contributed by atoms with E-state index in [0.717, 1.165) is 16.1 Å². The molecule has 3 rings (SSSR count). The zero-order valence-corrected chi connectivity index (χ0v) is 14.9. The van der Waals surface area contributed by atoms with E-state index in [1.54, 1.807) is 29.2 Å². The van der Waals surface area contributed by atoms with E-state index >= 15 is 0 Å². The van der Waals surface area contributed by atoms with Crippen LogP contribution in [0.25, 0.3) is 0 Å². The number of carbonyl (C=O) groups excluding carboxylic acids is 2. The molecule has 2 aromatic rings. The van der Waals surface area contributed by atoms with Crippen LogP contribution in [0, 0.1) is 0 Å². The number of halogens is 1. The lowest BCUT2D eigenvalue weighted by atomic mass is 10.1. The predicted octanol–water partition coefficient (Wildman–Crippen LogP) is 4.15. The lowest BCUT2D eigenvalue weighted by Gasteiger charge is -2.32. The van der Waals surface area contributed by atoms with E-state index in [4.69, 9.17) is 16.3 Å². The van der Waals surface area contributed by atoms with Crippen LogP contribution in [0.15, 0.2) is 47.4 Å². The lowest BCUT2D eigenvalue weighted by Crippen LogP contribution is -2.39. The van der Waals surface area contributed by atoms with Crippen LogP contribution < -0.4 is 4.90 Å². The molecule has 0 N–H and O–H groups in total. The maximum absolute atomic E-state index is 12.6. The number of methoxy groups -OCH3 is 1. The second-order valence-corrected chi connectivity index (χ2v) is 7.31. The molecule has 0 saturated carbocycles. The second-order valence-electron chi connectivity index (χ2n) is 5.49. The molecular formula is C18H16ClNO3S. The number of hydrogen-bond donors (Lipinski definition) is 0. The van der Waals surface area contributed by atoms with Crippen LogP contribution >= 0.6 is 23.4 Å². The summed E-state index contributed by atoms with van der Waals surface area (Å²) >= 11 is 7.58. The van der Waals surface area contributed by atoms with Crippen LogP contribution in [-0.4, -0.2) is 24.2 Å². The molecule has 0 aliphatic carbocycles. The van der Waals surface area contributed by atoms with Crippen molar-refractivity contribution in [1.82, 2.24) is 0 Å². The van der Waals surface area contributed by atoms with Crippen molar-refractivity contribution in [2.75, 3.05) is 12.0 Å². The highest BCUT2D eigenvalue weighted by atomic mass is 35.5. The summed E-state index contributed by atoms with van der Waals surface area (Å²) in [5.41, 5.74) is 2.18. The third-order valence-electron chi connectivity index (χ3n) is 3.82. The number of thioether (sulfide) groups is 1. The summed E-state index contributed by atoms with van der Waals surface area (Å²) < 4.78 is 4.75. The summed E-state index contributed by atoms with van der Waals surface area (Å²) in [5, 5.41) is 0.468. The zero-order chi connectivity index (χ0) is 17.3. The Morgan fingerprint density at radius 3 is 2.83 bits per heavy atom. The fourth-order valence-electron chi connectivity index (χ4n) is 2.64. The Morgan fingerprint density at radius 2 is 2.08 bits per heavy atom. The van der Waals surface area contributed by atoms with Crippen LogP contribution in [-0.2, 0) is 16.1 Å². The summed E-state index contributed by atoms with van der Waals surface area (Å²) in [7, 11) is 1.35. The Kier molecular flexibility index (Phi) is 4.83. The number of nitrogens with zero attached hydrogens (tertiary/aromatic N) is 1. The van der Waals surface area contributed by atoms with Crippen LogP contribution in [0.5, 0.6) is 0 Å². The van der Waals surface area contributed by atoms with Gasteiger partial charge in [-0.3, -0.25) is 4.79 Å². The van der Waals surface area contributed by atoms with Gasteiger partial charge in [-0.05, 0) is 42.8 Å². The normalized spacial score (nSPS) is 16.7. The smallest absolute Gasteiger partial charge is 0.337 e. The van der Waals surface area contributed by atoms with Crippen molar-refractivity contribution in [3.63, 3.8) is 0 Å². The Labute approximate surface area is 149 Å². The molecule has 1 amide bonds. The molecule has 6 heteroatoms. The van der Waals surface area contributed by atoms with E-state index in [9.17, 15) is 9.59 Å². The summed E-state index contributed by atoms with van der Waals surface area (Å²) in [4.78, 5) is 27.0. The minimum absolute atomic E-state index is 0.0401. The molecule has 1 heterocycles.